The number of aliphatic hydroxyl groups excluding tert-OH is 1. The van der Waals surface area contributed by atoms with Crippen LogP contribution in [0.25, 0.3) is 0 Å². The van der Waals surface area contributed by atoms with E-state index in [-0.39, 0.29) is 31.1 Å². The molecule has 0 fully saturated rings. The van der Waals surface area contributed by atoms with Gasteiger partial charge in [-0.2, -0.15) is 0 Å². The normalized spacial score (nSPS) is 12.0. The van der Waals surface area contributed by atoms with Gasteiger partial charge in [0.05, 0.1) is 25.2 Å². The van der Waals surface area contributed by atoms with Crippen molar-refractivity contribution in [1.29, 1.82) is 0 Å². The van der Waals surface area contributed by atoms with E-state index in [1.165, 1.54) is 0 Å². The monoisotopic (exact) mass is 327 g/mol. The smallest absolute Gasteiger partial charge is 0.224 e. The quantitative estimate of drug-likeness (QED) is 0.784. The molecule has 2 rings (SSSR count). The van der Waals surface area contributed by atoms with E-state index < -0.39 is 0 Å². The van der Waals surface area contributed by atoms with E-state index in [0.717, 1.165) is 16.9 Å². The van der Waals surface area contributed by atoms with Gasteiger partial charge in [0.2, 0.25) is 5.91 Å². The second-order valence-corrected chi connectivity index (χ2v) is 6.13. The van der Waals surface area contributed by atoms with Crippen molar-refractivity contribution >= 4 is 5.91 Å². The number of benzene rings is 2. The Labute approximate surface area is 143 Å². The SMILES string of the molecule is CC(C)Oc1cccc(CC(=O)NC(CO)Cc2ccccc2)c1. The Morgan fingerprint density at radius 2 is 1.79 bits per heavy atom. The molecule has 0 radical (unpaired) electrons. The number of aliphatic hydroxyl groups is 1. The fourth-order valence-corrected chi connectivity index (χ4v) is 2.52. The van der Waals surface area contributed by atoms with E-state index in [0.29, 0.717) is 6.42 Å². The van der Waals surface area contributed by atoms with Crippen LogP contribution in [-0.4, -0.2) is 29.8 Å². The zero-order valence-corrected chi connectivity index (χ0v) is 14.2. The molecule has 2 N–H and O–H groups in total. The Hall–Kier alpha value is -2.33. The summed E-state index contributed by atoms with van der Waals surface area (Å²) in [4.78, 5) is 12.2. The standard InChI is InChI=1S/C20H25NO3/c1-15(2)24-19-10-6-9-17(12-19)13-20(23)21-18(14-22)11-16-7-4-3-5-8-16/h3-10,12,15,18,22H,11,13-14H2,1-2H3,(H,21,23). The van der Waals surface area contributed by atoms with Gasteiger partial charge in [0, 0.05) is 0 Å². The van der Waals surface area contributed by atoms with E-state index >= 15 is 0 Å². The van der Waals surface area contributed by atoms with Gasteiger partial charge < -0.3 is 15.2 Å². The topological polar surface area (TPSA) is 58.6 Å². The van der Waals surface area contributed by atoms with Crippen LogP contribution >= 0.6 is 0 Å². The predicted octanol–water partition coefficient (Wildman–Crippen LogP) is 2.74. The molecule has 0 bridgehead atoms. The maximum absolute atomic E-state index is 12.2. The van der Waals surface area contributed by atoms with Crippen LogP contribution in [0.15, 0.2) is 54.6 Å². The molecule has 1 atom stereocenters. The molecule has 2 aromatic carbocycles. The zero-order valence-electron chi connectivity index (χ0n) is 14.2. The van der Waals surface area contributed by atoms with E-state index in [2.05, 4.69) is 5.32 Å². The summed E-state index contributed by atoms with van der Waals surface area (Å²) in [7, 11) is 0. The van der Waals surface area contributed by atoms with Gasteiger partial charge >= 0.3 is 0 Å². The average Bonchev–Trinajstić information content (AvgIpc) is 2.54. The fraction of sp³-hybridized carbons (Fsp3) is 0.350. The molecule has 0 aliphatic carbocycles. The summed E-state index contributed by atoms with van der Waals surface area (Å²) in [6.45, 7) is 3.85. The van der Waals surface area contributed by atoms with Gasteiger partial charge in [0.1, 0.15) is 5.75 Å². The first kappa shape index (κ1) is 18.0. The van der Waals surface area contributed by atoms with Crippen LogP contribution in [0, 0.1) is 0 Å². The van der Waals surface area contributed by atoms with Gasteiger partial charge in [-0.05, 0) is 43.5 Å². The molecule has 0 saturated heterocycles. The number of nitrogens with one attached hydrogen (secondary N) is 1. The summed E-state index contributed by atoms with van der Waals surface area (Å²) in [5.41, 5.74) is 1.98. The average molecular weight is 327 g/mol. The third-order valence-electron chi connectivity index (χ3n) is 3.55. The van der Waals surface area contributed by atoms with E-state index in [1.54, 1.807) is 0 Å². The first-order valence-electron chi connectivity index (χ1n) is 8.26. The van der Waals surface area contributed by atoms with Gasteiger partial charge in [0.15, 0.2) is 0 Å². The number of carbonyl (C=O) groups excluding carboxylic acids is 1. The van der Waals surface area contributed by atoms with Gasteiger partial charge in [0.25, 0.3) is 0 Å². The Balaban J connectivity index is 1.91. The fourth-order valence-electron chi connectivity index (χ4n) is 2.52. The van der Waals surface area contributed by atoms with Crippen LogP contribution in [0.3, 0.4) is 0 Å². The molecule has 4 heteroatoms. The molecule has 0 aliphatic heterocycles. The van der Waals surface area contributed by atoms with E-state index in [4.69, 9.17) is 4.74 Å². The van der Waals surface area contributed by atoms with Crippen molar-refractivity contribution < 1.29 is 14.6 Å². The highest BCUT2D eigenvalue weighted by Gasteiger charge is 2.13. The molecule has 24 heavy (non-hydrogen) atoms. The molecule has 1 amide bonds. The molecule has 1 unspecified atom stereocenters. The molecule has 0 saturated carbocycles. The number of hydrogen-bond acceptors (Lipinski definition) is 3. The molecule has 0 heterocycles. The highest BCUT2D eigenvalue weighted by molar-refractivity contribution is 5.79. The molecule has 0 aromatic heterocycles. The number of carbonyl (C=O) groups is 1. The molecule has 128 valence electrons. The van der Waals surface area contributed by atoms with E-state index in [1.807, 2.05) is 68.4 Å². The number of hydrogen-bond donors (Lipinski definition) is 2. The minimum atomic E-state index is -0.282. The zero-order chi connectivity index (χ0) is 17.4. The van der Waals surface area contributed by atoms with Crippen molar-refractivity contribution in [1.82, 2.24) is 5.32 Å². The van der Waals surface area contributed by atoms with Crippen LogP contribution in [0.1, 0.15) is 25.0 Å². The second-order valence-electron chi connectivity index (χ2n) is 6.13. The van der Waals surface area contributed by atoms with Crippen molar-refractivity contribution in [3.63, 3.8) is 0 Å². The van der Waals surface area contributed by atoms with Gasteiger partial charge in [-0.1, -0.05) is 42.5 Å². The lowest BCUT2D eigenvalue weighted by molar-refractivity contribution is -0.121. The Kier molecular flexibility index (Phi) is 6.82. The summed E-state index contributed by atoms with van der Waals surface area (Å²) in [5.74, 6) is 0.657. The molecular formula is C20H25NO3. The highest BCUT2D eigenvalue weighted by Crippen LogP contribution is 2.15. The van der Waals surface area contributed by atoms with E-state index in [9.17, 15) is 9.90 Å². The maximum atomic E-state index is 12.2. The highest BCUT2D eigenvalue weighted by atomic mass is 16.5. The van der Waals surface area contributed by atoms with Crippen molar-refractivity contribution in [2.45, 2.75) is 38.8 Å². The minimum absolute atomic E-state index is 0.0862. The summed E-state index contributed by atoms with van der Waals surface area (Å²) in [6, 6.07) is 17.1. The maximum Gasteiger partial charge on any atom is 0.224 e. The Morgan fingerprint density at radius 3 is 2.46 bits per heavy atom. The lowest BCUT2D eigenvalue weighted by Gasteiger charge is -2.17. The molecular weight excluding hydrogens is 302 g/mol. The van der Waals surface area contributed by atoms with Gasteiger partial charge in [-0.25, -0.2) is 0 Å². The molecule has 0 aliphatic rings. The van der Waals surface area contributed by atoms with Gasteiger partial charge in [-0.3, -0.25) is 4.79 Å². The van der Waals surface area contributed by atoms with Crippen molar-refractivity contribution in [2.75, 3.05) is 6.61 Å². The summed E-state index contributed by atoms with van der Waals surface area (Å²) in [5, 5.41) is 12.4. The van der Waals surface area contributed by atoms with Crippen LogP contribution in [-0.2, 0) is 17.6 Å². The molecule has 4 nitrogen and oxygen atoms in total. The summed E-state index contributed by atoms with van der Waals surface area (Å²) >= 11 is 0. The van der Waals surface area contributed by atoms with Crippen LogP contribution in [0.4, 0.5) is 0 Å². The summed E-state index contributed by atoms with van der Waals surface area (Å²) in [6.07, 6.45) is 0.971. The molecule has 2 aromatic rings. The number of rotatable bonds is 8. The van der Waals surface area contributed by atoms with Gasteiger partial charge in [-0.15, -0.1) is 0 Å². The summed E-state index contributed by atoms with van der Waals surface area (Å²) < 4.78 is 5.65. The van der Waals surface area contributed by atoms with Crippen LogP contribution in [0.2, 0.25) is 0 Å². The Morgan fingerprint density at radius 1 is 1.08 bits per heavy atom. The van der Waals surface area contributed by atoms with Crippen molar-refractivity contribution in [2.24, 2.45) is 0 Å². The lowest BCUT2D eigenvalue weighted by atomic mass is 10.1. The second kappa shape index (κ2) is 9.08. The lowest BCUT2D eigenvalue weighted by Crippen LogP contribution is -2.39. The van der Waals surface area contributed by atoms with Crippen LogP contribution in [0.5, 0.6) is 5.75 Å². The van der Waals surface area contributed by atoms with Crippen LogP contribution < -0.4 is 10.1 Å². The number of amides is 1. The first-order valence-corrected chi connectivity index (χ1v) is 8.26. The largest absolute Gasteiger partial charge is 0.491 e. The third-order valence-corrected chi connectivity index (χ3v) is 3.55. The number of ether oxygens (including phenoxy) is 1. The van der Waals surface area contributed by atoms with Crippen molar-refractivity contribution in [3.8, 4) is 5.75 Å². The molecule has 0 spiro atoms. The van der Waals surface area contributed by atoms with Crippen molar-refractivity contribution in [3.05, 3.63) is 65.7 Å². The minimum Gasteiger partial charge on any atom is -0.491 e. The first-order chi connectivity index (χ1) is 11.6. The third kappa shape index (κ3) is 6.05. The Bertz CT molecular complexity index is 640. The predicted molar refractivity (Wildman–Crippen MR) is 95.1 cm³/mol.